The van der Waals surface area contributed by atoms with Gasteiger partial charge in [0.25, 0.3) is 11.5 Å². The van der Waals surface area contributed by atoms with Crippen LogP contribution in [0.3, 0.4) is 0 Å². The highest BCUT2D eigenvalue weighted by Crippen LogP contribution is 2.28. The summed E-state index contributed by atoms with van der Waals surface area (Å²) in [6, 6.07) is 11.6. The van der Waals surface area contributed by atoms with E-state index in [2.05, 4.69) is 15.5 Å². The average molecular weight is 448 g/mol. The molecule has 1 saturated heterocycles. The van der Waals surface area contributed by atoms with E-state index >= 15 is 0 Å². The van der Waals surface area contributed by atoms with Gasteiger partial charge in [-0.25, -0.2) is 9.49 Å². The summed E-state index contributed by atoms with van der Waals surface area (Å²) in [5, 5.41) is 10.9. The molecule has 2 amide bonds. The monoisotopic (exact) mass is 448 g/mol. The minimum absolute atomic E-state index is 0.0136. The zero-order valence-electron chi connectivity index (χ0n) is 18.1. The standard InChI is InChI=1S/C25H25FN4O3/c26-21-8-7-16(12-22-18-3-1-2-4-19(18)24(32)29-28-22)11-20(21)25(33)30-10-9-17(14-30)23(31)27-13-15-5-6-15/h1-4,7-8,11,15,17H,5-6,9-10,12-14H2,(H,27,31)(H,29,32)/t17-/m1/s1. The summed E-state index contributed by atoms with van der Waals surface area (Å²) in [6.45, 7) is 1.43. The SMILES string of the molecule is O=C(NCC1CC1)[C@@H]1CCN(C(=O)c2cc(Cc3n[nH]c(=O)c4ccccc34)ccc2F)C1. The molecular formula is C25H25FN4O3. The van der Waals surface area contributed by atoms with E-state index in [4.69, 9.17) is 0 Å². The molecule has 0 bridgehead atoms. The number of H-pyrrole nitrogens is 1. The summed E-state index contributed by atoms with van der Waals surface area (Å²) < 4.78 is 14.6. The van der Waals surface area contributed by atoms with Gasteiger partial charge >= 0.3 is 0 Å². The van der Waals surface area contributed by atoms with Crippen molar-refractivity contribution in [1.82, 2.24) is 20.4 Å². The number of hydrogen-bond acceptors (Lipinski definition) is 4. The highest BCUT2D eigenvalue weighted by molar-refractivity contribution is 5.95. The number of carbonyl (C=O) groups excluding carboxylic acids is 2. The van der Waals surface area contributed by atoms with Crippen molar-refractivity contribution in [1.29, 1.82) is 0 Å². The number of hydrogen-bond donors (Lipinski definition) is 2. The molecule has 0 radical (unpaired) electrons. The van der Waals surface area contributed by atoms with Gasteiger partial charge in [0.2, 0.25) is 5.91 Å². The first-order chi connectivity index (χ1) is 16.0. The van der Waals surface area contributed by atoms with Crippen LogP contribution in [0.1, 0.15) is 40.9 Å². The molecule has 1 saturated carbocycles. The van der Waals surface area contributed by atoms with Gasteiger partial charge in [-0.15, -0.1) is 0 Å². The lowest BCUT2D eigenvalue weighted by atomic mass is 10.0. The Morgan fingerprint density at radius 2 is 1.91 bits per heavy atom. The average Bonchev–Trinajstić information content (AvgIpc) is 3.53. The minimum Gasteiger partial charge on any atom is -0.356 e. The molecule has 2 aliphatic rings. The Morgan fingerprint density at radius 3 is 2.70 bits per heavy atom. The number of benzene rings is 2. The number of rotatable bonds is 6. The van der Waals surface area contributed by atoms with Gasteiger partial charge in [-0.1, -0.05) is 24.3 Å². The Hall–Kier alpha value is -3.55. The van der Waals surface area contributed by atoms with Crippen LogP contribution < -0.4 is 10.9 Å². The fourth-order valence-electron chi connectivity index (χ4n) is 4.39. The third kappa shape index (κ3) is 4.51. The number of likely N-dealkylation sites (tertiary alicyclic amines) is 1. The van der Waals surface area contributed by atoms with E-state index < -0.39 is 11.7 Å². The zero-order chi connectivity index (χ0) is 22.9. The van der Waals surface area contributed by atoms with E-state index in [1.165, 1.54) is 6.07 Å². The van der Waals surface area contributed by atoms with Gasteiger partial charge in [-0.05, 0) is 48.9 Å². The maximum atomic E-state index is 14.6. The number of carbonyl (C=O) groups is 2. The zero-order valence-corrected chi connectivity index (χ0v) is 18.1. The molecule has 1 aromatic heterocycles. The molecule has 1 aliphatic carbocycles. The van der Waals surface area contributed by atoms with Crippen molar-refractivity contribution >= 4 is 22.6 Å². The first-order valence-electron chi connectivity index (χ1n) is 11.3. The molecule has 1 atom stereocenters. The molecule has 0 spiro atoms. The maximum Gasteiger partial charge on any atom is 0.272 e. The lowest BCUT2D eigenvalue weighted by Crippen LogP contribution is -2.35. The van der Waals surface area contributed by atoms with E-state index in [1.54, 1.807) is 29.2 Å². The van der Waals surface area contributed by atoms with Crippen LogP contribution in [0.15, 0.2) is 47.3 Å². The minimum atomic E-state index is -0.593. The summed E-state index contributed by atoms with van der Waals surface area (Å²) in [4.78, 5) is 39.0. The number of aromatic amines is 1. The van der Waals surface area contributed by atoms with Crippen molar-refractivity contribution in [2.75, 3.05) is 19.6 Å². The van der Waals surface area contributed by atoms with E-state index in [-0.39, 0.29) is 22.9 Å². The smallest absolute Gasteiger partial charge is 0.272 e. The van der Waals surface area contributed by atoms with Gasteiger partial charge in [0.05, 0.1) is 22.6 Å². The molecule has 0 unspecified atom stereocenters. The molecule has 5 rings (SSSR count). The molecule has 33 heavy (non-hydrogen) atoms. The maximum absolute atomic E-state index is 14.6. The second kappa shape index (κ2) is 8.77. The quantitative estimate of drug-likeness (QED) is 0.606. The Kier molecular flexibility index (Phi) is 5.66. The predicted molar refractivity (Wildman–Crippen MR) is 121 cm³/mol. The number of nitrogens with zero attached hydrogens (tertiary/aromatic N) is 2. The Bertz CT molecular complexity index is 1280. The van der Waals surface area contributed by atoms with Gasteiger partial charge < -0.3 is 10.2 Å². The molecule has 170 valence electrons. The van der Waals surface area contributed by atoms with Crippen LogP contribution in [-0.4, -0.2) is 46.5 Å². The van der Waals surface area contributed by atoms with Crippen molar-refractivity contribution in [3.8, 4) is 0 Å². The molecule has 2 heterocycles. The fraction of sp³-hybridized carbons (Fsp3) is 0.360. The van der Waals surface area contributed by atoms with E-state index in [0.29, 0.717) is 55.0 Å². The Morgan fingerprint density at radius 1 is 1.12 bits per heavy atom. The van der Waals surface area contributed by atoms with Crippen LogP contribution in [0.25, 0.3) is 10.8 Å². The number of halogens is 1. The lowest BCUT2D eigenvalue weighted by Gasteiger charge is -2.17. The van der Waals surface area contributed by atoms with E-state index in [0.717, 1.165) is 18.2 Å². The van der Waals surface area contributed by atoms with E-state index in [1.807, 2.05) is 12.1 Å². The highest BCUT2D eigenvalue weighted by atomic mass is 19.1. The molecule has 1 aliphatic heterocycles. The molecule has 3 aromatic rings. The summed E-state index contributed by atoms with van der Waals surface area (Å²) >= 11 is 0. The van der Waals surface area contributed by atoms with Crippen molar-refractivity contribution in [3.63, 3.8) is 0 Å². The second-order valence-corrected chi connectivity index (χ2v) is 8.96. The fourth-order valence-corrected chi connectivity index (χ4v) is 4.39. The first-order valence-corrected chi connectivity index (χ1v) is 11.3. The van der Waals surface area contributed by atoms with Crippen molar-refractivity contribution in [2.45, 2.75) is 25.7 Å². The van der Waals surface area contributed by atoms with Crippen molar-refractivity contribution in [2.24, 2.45) is 11.8 Å². The summed E-state index contributed by atoms with van der Waals surface area (Å²) in [5.41, 5.74) is 1.07. The highest BCUT2D eigenvalue weighted by Gasteiger charge is 2.33. The van der Waals surface area contributed by atoms with Crippen molar-refractivity contribution in [3.05, 3.63) is 75.5 Å². The van der Waals surface area contributed by atoms with Gasteiger partial charge in [-0.3, -0.25) is 14.4 Å². The number of aromatic nitrogens is 2. The molecule has 2 N–H and O–H groups in total. The lowest BCUT2D eigenvalue weighted by molar-refractivity contribution is -0.124. The van der Waals surface area contributed by atoms with Crippen LogP contribution >= 0.6 is 0 Å². The van der Waals surface area contributed by atoms with Crippen LogP contribution in [0.4, 0.5) is 4.39 Å². The summed E-state index contributed by atoms with van der Waals surface area (Å²) in [6.07, 6.45) is 3.24. The predicted octanol–water partition coefficient (Wildman–Crippen LogP) is 2.64. The van der Waals surface area contributed by atoms with Gasteiger partial charge in [0, 0.05) is 31.4 Å². The van der Waals surface area contributed by atoms with Crippen LogP contribution in [-0.2, 0) is 11.2 Å². The second-order valence-electron chi connectivity index (χ2n) is 8.96. The van der Waals surface area contributed by atoms with Crippen molar-refractivity contribution < 1.29 is 14.0 Å². The summed E-state index contributed by atoms with van der Waals surface area (Å²) in [5.74, 6) is -0.687. The number of amides is 2. The normalized spacial score (nSPS) is 18.0. The van der Waals surface area contributed by atoms with E-state index in [9.17, 15) is 18.8 Å². The van der Waals surface area contributed by atoms with Crippen LogP contribution in [0.2, 0.25) is 0 Å². The molecule has 2 aromatic carbocycles. The van der Waals surface area contributed by atoms with Gasteiger partial charge in [0.15, 0.2) is 0 Å². The molecule has 2 fully saturated rings. The van der Waals surface area contributed by atoms with Gasteiger partial charge in [0.1, 0.15) is 5.82 Å². The Labute approximate surface area is 190 Å². The van der Waals surface area contributed by atoms with Crippen LogP contribution in [0.5, 0.6) is 0 Å². The number of nitrogens with one attached hydrogen (secondary N) is 2. The third-order valence-corrected chi connectivity index (χ3v) is 6.52. The largest absolute Gasteiger partial charge is 0.356 e. The Balaban J connectivity index is 1.32. The van der Waals surface area contributed by atoms with Gasteiger partial charge in [-0.2, -0.15) is 5.10 Å². The third-order valence-electron chi connectivity index (χ3n) is 6.52. The van der Waals surface area contributed by atoms with Crippen LogP contribution in [0, 0.1) is 17.7 Å². The number of fused-ring (bicyclic) bond motifs is 1. The molecular weight excluding hydrogens is 423 g/mol. The topological polar surface area (TPSA) is 95.2 Å². The molecule has 7 nitrogen and oxygen atoms in total. The summed E-state index contributed by atoms with van der Waals surface area (Å²) in [7, 11) is 0. The molecule has 8 heteroatoms. The first kappa shape index (κ1) is 21.3.